The number of amides is 1. The second kappa shape index (κ2) is 9.55. The van der Waals surface area contributed by atoms with E-state index in [4.69, 9.17) is 4.74 Å². The summed E-state index contributed by atoms with van der Waals surface area (Å²) in [5.41, 5.74) is 1.16. The van der Waals surface area contributed by atoms with Crippen LogP contribution < -0.4 is 10.6 Å². The van der Waals surface area contributed by atoms with E-state index in [0.717, 1.165) is 25.1 Å². The van der Waals surface area contributed by atoms with Crippen LogP contribution in [0.25, 0.3) is 6.08 Å². The summed E-state index contributed by atoms with van der Waals surface area (Å²) in [5, 5.41) is 6.23. The van der Waals surface area contributed by atoms with Crippen LogP contribution >= 0.6 is 12.4 Å². The predicted molar refractivity (Wildman–Crippen MR) is 87.6 cm³/mol. The molecule has 0 radical (unpaired) electrons. The van der Waals surface area contributed by atoms with Crippen molar-refractivity contribution in [1.29, 1.82) is 0 Å². The van der Waals surface area contributed by atoms with Gasteiger partial charge in [0.2, 0.25) is 5.91 Å². The van der Waals surface area contributed by atoms with Crippen molar-refractivity contribution in [2.45, 2.75) is 25.0 Å². The van der Waals surface area contributed by atoms with Gasteiger partial charge in [0, 0.05) is 26.6 Å². The molecule has 116 valence electrons. The van der Waals surface area contributed by atoms with Crippen molar-refractivity contribution >= 4 is 24.4 Å². The second-order valence-corrected chi connectivity index (χ2v) is 4.96. The molecule has 5 heteroatoms. The van der Waals surface area contributed by atoms with E-state index in [1.807, 2.05) is 42.5 Å². The maximum atomic E-state index is 11.8. The van der Waals surface area contributed by atoms with Crippen LogP contribution in [0.15, 0.2) is 36.4 Å². The molecule has 2 atom stereocenters. The van der Waals surface area contributed by atoms with Gasteiger partial charge in [0.15, 0.2) is 0 Å². The van der Waals surface area contributed by atoms with Gasteiger partial charge in [-0.15, -0.1) is 12.4 Å². The summed E-state index contributed by atoms with van der Waals surface area (Å²) in [6.45, 7) is 1.58. The lowest BCUT2D eigenvalue weighted by atomic mass is 10.1. The summed E-state index contributed by atoms with van der Waals surface area (Å²) < 4.78 is 5.32. The first-order valence-electron chi connectivity index (χ1n) is 7.04. The SMILES string of the molecule is CO[C@H]1CNCC1NC(=O)CCC=Cc1ccccc1.Cl. The number of nitrogens with one attached hydrogen (secondary N) is 2. The van der Waals surface area contributed by atoms with Gasteiger partial charge in [-0.3, -0.25) is 4.79 Å². The van der Waals surface area contributed by atoms with Crippen molar-refractivity contribution in [3.63, 3.8) is 0 Å². The molecule has 0 spiro atoms. The topological polar surface area (TPSA) is 50.4 Å². The predicted octanol–water partition coefficient (Wildman–Crippen LogP) is 2.00. The molecular formula is C16H23ClN2O2. The van der Waals surface area contributed by atoms with E-state index in [9.17, 15) is 4.79 Å². The molecule has 1 unspecified atom stereocenters. The number of methoxy groups -OCH3 is 1. The maximum Gasteiger partial charge on any atom is 0.220 e. The molecule has 1 heterocycles. The number of carbonyl (C=O) groups excluding carboxylic acids is 1. The highest BCUT2D eigenvalue weighted by atomic mass is 35.5. The minimum atomic E-state index is 0. The Labute approximate surface area is 132 Å². The Kier molecular flexibility index (Phi) is 8.05. The largest absolute Gasteiger partial charge is 0.378 e. The number of hydrogen-bond acceptors (Lipinski definition) is 3. The summed E-state index contributed by atoms with van der Waals surface area (Å²) in [6.07, 6.45) is 5.42. The molecule has 1 saturated heterocycles. The minimum Gasteiger partial charge on any atom is -0.378 e. The fourth-order valence-electron chi connectivity index (χ4n) is 2.32. The molecule has 0 saturated carbocycles. The van der Waals surface area contributed by atoms with Crippen LogP contribution in [0, 0.1) is 0 Å². The Bertz CT molecular complexity index is 451. The van der Waals surface area contributed by atoms with Crippen LogP contribution in [-0.2, 0) is 9.53 Å². The third-order valence-corrected chi connectivity index (χ3v) is 3.46. The van der Waals surface area contributed by atoms with E-state index in [0.29, 0.717) is 6.42 Å². The second-order valence-electron chi connectivity index (χ2n) is 4.96. The Balaban J connectivity index is 0.00000220. The van der Waals surface area contributed by atoms with Crippen LogP contribution in [-0.4, -0.2) is 38.3 Å². The number of hydrogen-bond donors (Lipinski definition) is 2. The first-order chi connectivity index (χ1) is 9.79. The minimum absolute atomic E-state index is 0. The van der Waals surface area contributed by atoms with Crippen molar-refractivity contribution in [1.82, 2.24) is 10.6 Å². The Hall–Kier alpha value is -1.36. The standard InChI is InChI=1S/C16H22N2O2.ClH/c1-20-15-12-17-11-14(15)18-16(19)10-6-5-9-13-7-3-2-4-8-13;/h2-5,7-9,14-15,17H,6,10-12H2,1H3,(H,18,19);1H/t14?,15-;/m0./s1. The van der Waals surface area contributed by atoms with Crippen molar-refractivity contribution in [2.75, 3.05) is 20.2 Å². The molecule has 2 rings (SSSR count). The van der Waals surface area contributed by atoms with Gasteiger partial charge in [-0.1, -0.05) is 42.5 Å². The maximum absolute atomic E-state index is 11.8. The highest BCUT2D eigenvalue weighted by molar-refractivity contribution is 5.85. The Morgan fingerprint density at radius 3 is 2.86 bits per heavy atom. The van der Waals surface area contributed by atoms with Gasteiger partial charge in [0.05, 0.1) is 12.1 Å². The fraction of sp³-hybridized carbons (Fsp3) is 0.438. The van der Waals surface area contributed by atoms with Crippen molar-refractivity contribution in [3.05, 3.63) is 42.0 Å². The first-order valence-corrected chi connectivity index (χ1v) is 7.04. The zero-order chi connectivity index (χ0) is 14.2. The lowest BCUT2D eigenvalue weighted by Gasteiger charge is -2.18. The lowest BCUT2D eigenvalue weighted by Crippen LogP contribution is -2.43. The van der Waals surface area contributed by atoms with Crippen LogP contribution in [0.3, 0.4) is 0 Å². The number of ether oxygens (including phenoxy) is 1. The monoisotopic (exact) mass is 310 g/mol. The molecule has 1 amide bonds. The molecular weight excluding hydrogens is 288 g/mol. The molecule has 1 aliphatic rings. The molecule has 2 N–H and O–H groups in total. The average Bonchev–Trinajstić information content (AvgIpc) is 2.92. The highest BCUT2D eigenvalue weighted by Gasteiger charge is 2.27. The van der Waals surface area contributed by atoms with Crippen molar-refractivity contribution < 1.29 is 9.53 Å². The average molecular weight is 311 g/mol. The third-order valence-electron chi connectivity index (χ3n) is 3.46. The lowest BCUT2D eigenvalue weighted by molar-refractivity contribution is -0.122. The quantitative estimate of drug-likeness (QED) is 0.845. The summed E-state index contributed by atoms with van der Waals surface area (Å²) in [4.78, 5) is 11.8. The number of rotatable bonds is 6. The summed E-state index contributed by atoms with van der Waals surface area (Å²) in [7, 11) is 1.68. The number of benzene rings is 1. The van der Waals surface area contributed by atoms with Crippen molar-refractivity contribution in [2.24, 2.45) is 0 Å². The summed E-state index contributed by atoms with van der Waals surface area (Å²) in [5.74, 6) is 0.0819. The molecule has 1 fully saturated rings. The van der Waals surface area contributed by atoms with E-state index in [2.05, 4.69) is 10.6 Å². The van der Waals surface area contributed by atoms with E-state index in [-0.39, 0.29) is 30.5 Å². The zero-order valence-electron chi connectivity index (χ0n) is 12.2. The molecule has 0 aromatic heterocycles. The third kappa shape index (κ3) is 5.87. The Morgan fingerprint density at radius 2 is 2.14 bits per heavy atom. The summed E-state index contributed by atoms with van der Waals surface area (Å²) in [6, 6.07) is 10.2. The van der Waals surface area contributed by atoms with Gasteiger partial charge in [0.1, 0.15) is 0 Å². The molecule has 4 nitrogen and oxygen atoms in total. The van der Waals surface area contributed by atoms with Crippen LogP contribution in [0.2, 0.25) is 0 Å². The Morgan fingerprint density at radius 1 is 1.38 bits per heavy atom. The van der Waals surface area contributed by atoms with Gasteiger partial charge in [0.25, 0.3) is 0 Å². The van der Waals surface area contributed by atoms with Gasteiger partial charge in [-0.2, -0.15) is 0 Å². The highest BCUT2D eigenvalue weighted by Crippen LogP contribution is 2.06. The van der Waals surface area contributed by atoms with Gasteiger partial charge in [-0.05, 0) is 12.0 Å². The van der Waals surface area contributed by atoms with E-state index < -0.39 is 0 Å². The van der Waals surface area contributed by atoms with Crippen LogP contribution in [0.1, 0.15) is 18.4 Å². The number of halogens is 1. The molecule has 1 aliphatic heterocycles. The molecule has 21 heavy (non-hydrogen) atoms. The number of carbonyl (C=O) groups is 1. The van der Waals surface area contributed by atoms with E-state index >= 15 is 0 Å². The van der Waals surface area contributed by atoms with Crippen LogP contribution in [0.4, 0.5) is 0 Å². The fourth-order valence-corrected chi connectivity index (χ4v) is 2.32. The van der Waals surface area contributed by atoms with Gasteiger partial charge >= 0.3 is 0 Å². The molecule has 1 aromatic carbocycles. The van der Waals surface area contributed by atoms with Crippen LogP contribution in [0.5, 0.6) is 0 Å². The molecule has 0 bridgehead atoms. The van der Waals surface area contributed by atoms with Gasteiger partial charge < -0.3 is 15.4 Å². The number of allylic oxidation sites excluding steroid dienone is 1. The normalized spacial score (nSPS) is 21.2. The van der Waals surface area contributed by atoms with Crippen molar-refractivity contribution in [3.8, 4) is 0 Å². The smallest absolute Gasteiger partial charge is 0.220 e. The molecule has 0 aliphatic carbocycles. The zero-order valence-corrected chi connectivity index (χ0v) is 13.1. The van der Waals surface area contributed by atoms with E-state index in [1.165, 1.54) is 0 Å². The molecule has 1 aromatic rings. The van der Waals surface area contributed by atoms with E-state index in [1.54, 1.807) is 7.11 Å². The first kappa shape index (κ1) is 17.7. The van der Waals surface area contributed by atoms with Gasteiger partial charge in [-0.25, -0.2) is 0 Å². The summed E-state index contributed by atoms with van der Waals surface area (Å²) >= 11 is 0.